The second-order valence-electron chi connectivity index (χ2n) is 7.51. The standard InChI is InChI=1S/C23H21Cl2NO4/c1-29-20-6-3-12(9-21(20)30-2)13-7-18-23(19(27)8-13)16(11-22(28)26-18)15-5-4-14(24)10-17(15)25/h3-6,9-10,13,16H,7-8,11H2,1-2H3,(H,26,28)/t13-,16-/m0/s1. The summed E-state index contributed by atoms with van der Waals surface area (Å²) in [6, 6.07) is 10.8. The minimum absolute atomic E-state index is 0.0204. The molecule has 0 bridgehead atoms. The largest absolute Gasteiger partial charge is 0.493 e. The molecule has 1 amide bonds. The molecule has 0 fully saturated rings. The number of allylic oxidation sites excluding steroid dienone is 2. The van der Waals surface area contributed by atoms with Crippen LogP contribution in [0.2, 0.25) is 10.0 Å². The van der Waals surface area contributed by atoms with Gasteiger partial charge in [-0.25, -0.2) is 0 Å². The summed E-state index contributed by atoms with van der Waals surface area (Å²) in [5, 5.41) is 3.90. The number of hydrogen-bond acceptors (Lipinski definition) is 4. The Bertz CT molecular complexity index is 1060. The summed E-state index contributed by atoms with van der Waals surface area (Å²) in [4.78, 5) is 25.7. The second-order valence-corrected chi connectivity index (χ2v) is 8.35. The quantitative estimate of drug-likeness (QED) is 0.717. The van der Waals surface area contributed by atoms with E-state index in [9.17, 15) is 9.59 Å². The lowest BCUT2D eigenvalue weighted by Gasteiger charge is -2.35. The first-order valence-electron chi connectivity index (χ1n) is 9.64. The Morgan fingerprint density at radius 1 is 0.933 bits per heavy atom. The second kappa shape index (κ2) is 8.32. The number of benzene rings is 2. The van der Waals surface area contributed by atoms with E-state index in [1.54, 1.807) is 32.4 Å². The summed E-state index contributed by atoms with van der Waals surface area (Å²) in [7, 11) is 3.16. The first-order valence-corrected chi connectivity index (χ1v) is 10.4. The molecule has 30 heavy (non-hydrogen) atoms. The number of amides is 1. The smallest absolute Gasteiger partial charge is 0.225 e. The maximum Gasteiger partial charge on any atom is 0.225 e. The van der Waals surface area contributed by atoms with Crippen LogP contribution in [0.5, 0.6) is 11.5 Å². The molecule has 1 aliphatic carbocycles. The number of methoxy groups -OCH3 is 2. The summed E-state index contributed by atoms with van der Waals surface area (Å²) in [6.07, 6.45) is 1.10. The van der Waals surface area contributed by atoms with Crippen LogP contribution in [0, 0.1) is 0 Å². The highest BCUT2D eigenvalue weighted by atomic mass is 35.5. The number of rotatable bonds is 4. The van der Waals surface area contributed by atoms with Crippen molar-refractivity contribution in [2.45, 2.75) is 31.1 Å². The molecule has 1 aliphatic heterocycles. The maximum atomic E-state index is 13.2. The monoisotopic (exact) mass is 445 g/mol. The Balaban J connectivity index is 1.71. The summed E-state index contributed by atoms with van der Waals surface area (Å²) in [6.45, 7) is 0. The minimum Gasteiger partial charge on any atom is -0.493 e. The molecule has 0 radical (unpaired) electrons. The van der Waals surface area contributed by atoms with Crippen LogP contribution >= 0.6 is 23.2 Å². The van der Waals surface area contributed by atoms with Crippen molar-refractivity contribution in [2.24, 2.45) is 0 Å². The Morgan fingerprint density at radius 2 is 1.70 bits per heavy atom. The molecule has 0 aromatic heterocycles. The normalized spacial score (nSPS) is 21.2. The third kappa shape index (κ3) is 3.80. The van der Waals surface area contributed by atoms with Gasteiger partial charge in [-0.05, 0) is 47.7 Å². The van der Waals surface area contributed by atoms with Crippen LogP contribution in [0.4, 0.5) is 0 Å². The zero-order chi connectivity index (χ0) is 21.4. The van der Waals surface area contributed by atoms with Gasteiger partial charge in [-0.3, -0.25) is 9.59 Å². The number of Topliss-reactive ketones (excluding diaryl/α,β-unsaturated/α-hetero) is 1. The average Bonchev–Trinajstić information content (AvgIpc) is 2.72. The minimum atomic E-state index is -0.364. The zero-order valence-electron chi connectivity index (χ0n) is 16.6. The van der Waals surface area contributed by atoms with Gasteiger partial charge < -0.3 is 14.8 Å². The van der Waals surface area contributed by atoms with Crippen molar-refractivity contribution in [2.75, 3.05) is 14.2 Å². The van der Waals surface area contributed by atoms with Gasteiger partial charge in [0.15, 0.2) is 17.3 Å². The summed E-state index contributed by atoms with van der Waals surface area (Å²) in [5.74, 6) is 0.721. The maximum absolute atomic E-state index is 13.2. The third-order valence-electron chi connectivity index (χ3n) is 5.75. The first kappa shape index (κ1) is 20.8. The van der Waals surface area contributed by atoms with Crippen molar-refractivity contribution in [3.8, 4) is 11.5 Å². The Kier molecular flexibility index (Phi) is 5.76. The van der Waals surface area contributed by atoms with E-state index in [4.69, 9.17) is 32.7 Å². The lowest BCUT2D eigenvalue weighted by Crippen LogP contribution is -2.38. The molecule has 0 unspecified atom stereocenters. The fraction of sp³-hybridized carbons (Fsp3) is 0.304. The number of ether oxygens (including phenoxy) is 2. The molecule has 2 atom stereocenters. The van der Waals surface area contributed by atoms with Gasteiger partial charge in [0.05, 0.1) is 14.2 Å². The van der Waals surface area contributed by atoms with Gasteiger partial charge in [-0.1, -0.05) is 35.3 Å². The fourth-order valence-electron chi connectivity index (χ4n) is 4.35. The number of carbonyl (C=O) groups is 2. The summed E-state index contributed by atoms with van der Waals surface area (Å²) in [5.41, 5.74) is 3.05. The van der Waals surface area contributed by atoms with Crippen molar-refractivity contribution >= 4 is 34.9 Å². The molecule has 1 N–H and O–H groups in total. The number of hydrogen-bond donors (Lipinski definition) is 1. The SMILES string of the molecule is COc1ccc([C@@H]2CC(=O)C3=C(C2)NC(=O)C[C@H]3c2ccc(Cl)cc2Cl)cc1OC. The number of carbonyl (C=O) groups excluding carboxylic acids is 2. The fourth-order valence-corrected chi connectivity index (χ4v) is 4.89. The molecule has 0 saturated carbocycles. The van der Waals surface area contributed by atoms with E-state index in [0.717, 1.165) is 11.1 Å². The van der Waals surface area contributed by atoms with Gasteiger partial charge in [-0.15, -0.1) is 0 Å². The Hall–Kier alpha value is -2.50. The van der Waals surface area contributed by atoms with E-state index in [-0.39, 0.29) is 29.9 Å². The van der Waals surface area contributed by atoms with Crippen molar-refractivity contribution in [1.82, 2.24) is 5.32 Å². The highest BCUT2D eigenvalue weighted by Crippen LogP contribution is 2.45. The summed E-state index contributed by atoms with van der Waals surface area (Å²) >= 11 is 12.4. The predicted octanol–water partition coefficient (Wildman–Crippen LogP) is 5.01. The van der Waals surface area contributed by atoms with Gasteiger partial charge in [0, 0.05) is 40.1 Å². The van der Waals surface area contributed by atoms with Gasteiger partial charge in [0.1, 0.15) is 0 Å². The van der Waals surface area contributed by atoms with E-state index >= 15 is 0 Å². The predicted molar refractivity (Wildman–Crippen MR) is 116 cm³/mol. The van der Waals surface area contributed by atoms with E-state index in [1.807, 2.05) is 18.2 Å². The first-order chi connectivity index (χ1) is 14.4. The third-order valence-corrected chi connectivity index (χ3v) is 6.32. The molecule has 7 heteroatoms. The van der Waals surface area contributed by atoms with Crippen LogP contribution in [0.15, 0.2) is 47.7 Å². The lowest BCUT2D eigenvalue weighted by molar-refractivity contribution is -0.122. The van der Waals surface area contributed by atoms with Crippen LogP contribution in [0.25, 0.3) is 0 Å². The van der Waals surface area contributed by atoms with E-state index in [2.05, 4.69) is 5.32 Å². The van der Waals surface area contributed by atoms with Crippen LogP contribution in [0.3, 0.4) is 0 Å². The molecular formula is C23H21Cl2NO4. The topological polar surface area (TPSA) is 64.6 Å². The van der Waals surface area contributed by atoms with Crippen LogP contribution in [-0.4, -0.2) is 25.9 Å². The van der Waals surface area contributed by atoms with Crippen molar-refractivity contribution < 1.29 is 19.1 Å². The molecule has 0 spiro atoms. The van der Waals surface area contributed by atoms with Gasteiger partial charge in [0.2, 0.25) is 5.91 Å². The van der Waals surface area contributed by atoms with Gasteiger partial charge >= 0.3 is 0 Å². The Morgan fingerprint density at radius 3 is 2.40 bits per heavy atom. The Labute approximate surface area is 185 Å². The molecule has 5 nitrogen and oxygen atoms in total. The highest BCUT2D eigenvalue weighted by Gasteiger charge is 2.39. The van der Waals surface area contributed by atoms with Crippen molar-refractivity contribution in [3.63, 3.8) is 0 Å². The zero-order valence-corrected chi connectivity index (χ0v) is 18.1. The van der Waals surface area contributed by atoms with Crippen LogP contribution in [-0.2, 0) is 9.59 Å². The molecule has 2 aromatic rings. The van der Waals surface area contributed by atoms with Crippen molar-refractivity contribution in [3.05, 3.63) is 68.8 Å². The van der Waals surface area contributed by atoms with E-state index in [1.165, 1.54) is 0 Å². The van der Waals surface area contributed by atoms with E-state index < -0.39 is 0 Å². The molecule has 2 aromatic carbocycles. The molecule has 4 rings (SSSR count). The van der Waals surface area contributed by atoms with Crippen molar-refractivity contribution in [1.29, 1.82) is 0 Å². The number of ketones is 1. The summed E-state index contributed by atoms with van der Waals surface area (Å²) < 4.78 is 10.7. The molecule has 0 saturated heterocycles. The number of nitrogens with one attached hydrogen (secondary N) is 1. The molecule has 2 aliphatic rings. The average molecular weight is 446 g/mol. The van der Waals surface area contributed by atoms with Crippen LogP contribution < -0.4 is 14.8 Å². The lowest BCUT2D eigenvalue weighted by atomic mass is 9.73. The van der Waals surface area contributed by atoms with Gasteiger partial charge in [0.25, 0.3) is 0 Å². The molecular weight excluding hydrogens is 425 g/mol. The van der Waals surface area contributed by atoms with Gasteiger partial charge in [-0.2, -0.15) is 0 Å². The van der Waals surface area contributed by atoms with Crippen LogP contribution in [0.1, 0.15) is 42.2 Å². The highest BCUT2D eigenvalue weighted by molar-refractivity contribution is 6.35. The molecule has 156 valence electrons. The number of halogens is 2. The van der Waals surface area contributed by atoms with E-state index in [0.29, 0.717) is 45.7 Å². The molecule has 1 heterocycles.